The predicted molar refractivity (Wildman–Crippen MR) is 139 cm³/mol. The molecular weight excluding hydrogens is 519 g/mol. The molecule has 0 bridgehead atoms. The standard InChI is InChI=1S/C23H34N6O2.HI/c1-24-23(25-18-20-5-4-6-21(17-20)27-7-2-3-8-27)29-11-9-26(10-12-29)19-22(30)28-13-15-31-16-14-28;/h2-6,17H,7-16,18-19H2,1H3,(H,24,25);1H. The molecule has 3 aliphatic heterocycles. The van der Waals surface area contributed by atoms with Crippen LogP contribution < -0.4 is 10.2 Å². The van der Waals surface area contributed by atoms with Crippen molar-refractivity contribution in [3.63, 3.8) is 0 Å². The fourth-order valence-corrected chi connectivity index (χ4v) is 4.29. The number of anilines is 1. The summed E-state index contributed by atoms with van der Waals surface area (Å²) in [6.07, 6.45) is 4.42. The molecule has 1 aromatic carbocycles. The molecule has 0 radical (unpaired) electrons. The van der Waals surface area contributed by atoms with Gasteiger partial charge in [0.05, 0.1) is 19.8 Å². The monoisotopic (exact) mass is 554 g/mol. The van der Waals surface area contributed by atoms with Gasteiger partial charge in [0, 0.05) is 71.6 Å². The summed E-state index contributed by atoms with van der Waals surface area (Å²) in [5.41, 5.74) is 2.51. The van der Waals surface area contributed by atoms with E-state index in [1.165, 1.54) is 11.3 Å². The zero-order valence-electron chi connectivity index (χ0n) is 18.9. The van der Waals surface area contributed by atoms with E-state index in [1.807, 2.05) is 11.9 Å². The summed E-state index contributed by atoms with van der Waals surface area (Å²) in [6.45, 7) is 9.42. The number of aliphatic imine (C=N–C) groups is 1. The van der Waals surface area contributed by atoms with Gasteiger partial charge in [0.1, 0.15) is 0 Å². The van der Waals surface area contributed by atoms with E-state index in [4.69, 9.17) is 4.74 Å². The number of rotatable bonds is 5. The van der Waals surface area contributed by atoms with Gasteiger partial charge in [-0.2, -0.15) is 0 Å². The zero-order chi connectivity index (χ0) is 21.5. The number of piperazine rings is 1. The number of benzene rings is 1. The number of morpholine rings is 1. The molecule has 0 unspecified atom stereocenters. The van der Waals surface area contributed by atoms with Crippen molar-refractivity contribution in [2.75, 3.05) is 84.1 Å². The first-order valence-corrected chi connectivity index (χ1v) is 11.3. The third-order valence-electron chi connectivity index (χ3n) is 6.15. The molecule has 2 saturated heterocycles. The Morgan fingerprint density at radius 2 is 1.75 bits per heavy atom. The lowest BCUT2D eigenvalue weighted by Gasteiger charge is -2.37. The molecule has 2 fully saturated rings. The Kier molecular flexibility index (Phi) is 9.61. The molecule has 1 amide bonds. The van der Waals surface area contributed by atoms with Crippen LogP contribution in [0.1, 0.15) is 5.56 Å². The van der Waals surface area contributed by atoms with E-state index in [0.717, 1.165) is 51.8 Å². The number of hydrogen-bond donors (Lipinski definition) is 1. The molecule has 176 valence electrons. The van der Waals surface area contributed by atoms with E-state index in [0.29, 0.717) is 32.8 Å². The van der Waals surface area contributed by atoms with Gasteiger partial charge in [-0.05, 0) is 17.7 Å². The van der Waals surface area contributed by atoms with Crippen LogP contribution in [0.2, 0.25) is 0 Å². The third-order valence-corrected chi connectivity index (χ3v) is 6.15. The average molecular weight is 554 g/mol. The van der Waals surface area contributed by atoms with Crippen molar-refractivity contribution in [3.8, 4) is 0 Å². The summed E-state index contributed by atoms with van der Waals surface area (Å²) >= 11 is 0. The lowest BCUT2D eigenvalue weighted by molar-refractivity contribution is -0.136. The molecule has 0 saturated carbocycles. The zero-order valence-corrected chi connectivity index (χ0v) is 21.2. The minimum atomic E-state index is 0. The SMILES string of the molecule is CN=C(NCc1cccc(N2CC=CC2)c1)N1CCN(CC(=O)N2CCOCC2)CC1.I. The van der Waals surface area contributed by atoms with Crippen LogP contribution in [0.4, 0.5) is 5.69 Å². The Morgan fingerprint density at radius 3 is 2.44 bits per heavy atom. The molecule has 3 aliphatic rings. The number of nitrogens with zero attached hydrogens (tertiary/aromatic N) is 5. The second kappa shape index (κ2) is 12.4. The van der Waals surface area contributed by atoms with E-state index in [-0.39, 0.29) is 29.9 Å². The van der Waals surface area contributed by atoms with Crippen LogP contribution in [0.3, 0.4) is 0 Å². The molecule has 0 atom stereocenters. The molecule has 8 nitrogen and oxygen atoms in total. The number of ether oxygens (including phenoxy) is 1. The Labute approximate surface area is 208 Å². The number of guanidine groups is 1. The topological polar surface area (TPSA) is 63.7 Å². The highest BCUT2D eigenvalue weighted by Crippen LogP contribution is 2.18. The fourth-order valence-electron chi connectivity index (χ4n) is 4.29. The van der Waals surface area contributed by atoms with E-state index in [9.17, 15) is 4.79 Å². The fraction of sp³-hybridized carbons (Fsp3) is 0.565. The summed E-state index contributed by atoms with van der Waals surface area (Å²) in [7, 11) is 1.84. The second-order valence-electron chi connectivity index (χ2n) is 8.20. The Bertz CT molecular complexity index is 795. The Morgan fingerprint density at radius 1 is 1.03 bits per heavy atom. The largest absolute Gasteiger partial charge is 0.378 e. The van der Waals surface area contributed by atoms with E-state index in [1.54, 1.807) is 0 Å². The summed E-state index contributed by atoms with van der Waals surface area (Å²) in [6, 6.07) is 8.70. The van der Waals surface area contributed by atoms with Gasteiger partial charge < -0.3 is 24.8 Å². The van der Waals surface area contributed by atoms with Crippen LogP contribution >= 0.6 is 24.0 Å². The predicted octanol–water partition coefficient (Wildman–Crippen LogP) is 1.23. The van der Waals surface area contributed by atoms with Crippen LogP contribution in [0.25, 0.3) is 0 Å². The minimum Gasteiger partial charge on any atom is -0.378 e. The first kappa shape index (κ1) is 24.8. The van der Waals surface area contributed by atoms with Crippen LogP contribution in [0, 0.1) is 0 Å². The minimum absolute atomic E-state index is 0. The first-order valence-electron chi connectivity index (χ1n) is 11.3. The van der Waals surface area contributed by atoms with Crippen LogP contribution in [0.15, 0.2) is 41.4 Å². The number of hydrogen-bond acceptors (Lipinski definition) is 5. The quantitative estimate of drug-likeness (QED) is 0.256. The van der Waals surface area contributed by atoms with Crippen molar-refractivity contribution in [1.29, 1.82) is 0 Å². The molecule has 1 aromatic rings. The summed E-state index contributed by atoms with van der Waals surface area (Å²) in [5.74, 6) is 1.14. The number of halogens is 1. The lowest BCUT2D eigenvalue weighted by Crippen LogP contribution is -2.54. The van der Waals surface area contributed by atoms with Gasteiger partial charge >= 0.3 is 0 Å². The molecule has 4 rings (SSSR count). The van der Waals surface area contributed by atoms with Gasteiger partial charge in [0.25, 0.3) is 0 Å². The van der Waals surface area contributed by atoms with Gasteiger partial charge in [-0.25, -0.2) is 0 Å². The van der Waals surface area contributed by atoms with Gasteiger partial charge in [0.15, 0.2) is 5.96 Å². The lowest BCUT2D eigenvalue weighted by atomic mass is 10.2. The van der Waals surface area contributed by atoms with E-state index in [2.05, 4.69) is 61.4 Å². The molecule has 0 aromatic heterocycles. The maximum Gasteiger partial charge on any atom is 0.236 e. The summed E-state index contributed by atoms with van der Waals surface area (Å²) in [5, 5.41) is 3.51. The van der Waals surface area contributed by atoms with Gasteiger partial charge in [-0.1, -0.05) is 24.3 Å². The van der Waals surface area contributed by atoms with Gasteiger partial charge in [0.2, 0.25) is 5.91 Å². The molecule has 1 N–H and O–H groups in total. The average Bonchev–Trinajstić information content (AvgIpc) is 3.36. The Balaban J connectivity index is 0.00000289. The number of carbonyl (C=O) groups excluding carboxylic acids is 1. The van der Waals surface area contributed by atoms with Crippen molar-refractivity contribution in [3.05, 3.63) is 42.0 Å². The highest BCUT2D eigenvalue weighted by atomic mass is 127. The summed E-state index contributed by atoms with van der Waals surface area (Å²) in [4.78, 5) is 25.8. The second-order valence-corrected chi connectivity index (χ2v) is 8.20. The first-order chi connectivity index (χ1) is 15.2. The molecule has 32 heavy (non-hydrogen) atoms. The van der Waals surface area contributed by atoms with Gasteiger partial charge in [-0.15, -0.1) is 24.0 Å². The number of amides is 1. The van der Waals surface area contributed by atoms with Crippen molar-refractivity contribution in [2.24, 2.45) is 4.99 Å². The number of carbonyl (C=O) groups is 1. The number of nitrogens with one attached hydrogen (secondary N) is 1. The molecular formula is C23H35IN6O2. The molecule has 0 spiro atoms. The van der Waals surface area contributed by atoms with Crippen LogP contribution in [-0.4, -0.2) is 106 Å². The molecule has 3 heterocycles. The van der Waals surface area contributed by atoms with E-state index >= 15 is 0 Å². The highest BCUT2D eigenvalue weighted by molar-refractivity contribution is 14.0. The maximum absolute atomic E-state index is 12.5. The van der Waals surface area contributed by atoms with Crippen LogP contribution in [0.5, 0.6) is 0 Å². The Hall–Kier alpha value is -1.85. The third kappa shape index (κ3) is 6.58. The van der Waals surface area contributed by atoms with Crippen molar-refractivity contribution in [2.45, 2.75) is 6.54 Å². The van der Waals surface area contributed by atoms with Crippen molar-refractivity contribution < 1.29 is 9.53 Å². The highest BCUT2D eigenvalue weighted by Gasteiger charge is 2.24. The van der Waals surface area contributed by atoms with Gasteiger partial charge in [-0.3, -0.25) is 14.7 Å². The maximum atomic E-state index is 12.5. The molecule has 0 aliphatic carbocycles. The summed E-state index contributed by atoms with van der Waals surface area (Å²) < 4.78 is 5.34. The van der Waals surface area contributed by atoms with Crippen LogP contribution in [-0.2, 0) is 16.1 Å². The smallest absolute Gasteiger partial charge is 0.236 e. The van der Waals surface area contributed by atoms with Crippen molar-refractivity contribution >= 4 is 41.5 Å². The normalized spacial score (nSPS) is 19.8. The van der Waals surface area contributed by atoms with E-state index < -0.39 is 0 Å². The molecule has 9 heteroatoms. The van der Waals surface area contributed by atoms with Crippen molar-refractivity contribution in [1.82, 2.24) is 20.0 Å².